The van der Waals surface area contributed by atoms with Crippen molar-refractivity contribution in [2.45, 2.75) is 0 Å². The Kier molecular flexibility index (Phi) is 4.75. The molecule has 10 aromatic rings. The number of fused-ring (bicyclic) bond motifs is 11. The zero-order valence-corrected chi connectivity index (χ0v) is 23.9. The lowest BCUT2D eigenvalue weighted by Crippen LogP contribution is -2.00. The van der Waals surface area contributed by atoms with E-state index in [4.69, 9.17) is 0 Å². The number of rotatable bonds is 2. The predicted molar refractivity (Wildman–Crippen MR) is 188 cm³/mol. The average molecular weight is 559 g/mol. The Bertz CT molecular complexity index is 2760. The van der Waals surface area contributed by atoms with Gasteiger partial charge in [-0.05, 0) is 45.8 Å². The van der Waals surface area contributed by atoms with Gasteiger partial charge in [0.2, 0.25) is 0 Å². The summed E-state index contributed by atoms with van der Waals surface area (Å²) in [7, 11) is 0. The zero-order valence-electron chi connectivity index (χ0n) is 23.9. The van der Waals surface area contributed by atoms with Crippen LogP contribution >= 0.6 is 0 Å². The van der Waals surface area contributed by atoms with Crippen molar-refractivity contribution in [1.82, 2.24) is 9.13 Å². The van der Waals surface area contributed by atoms with E-state index in [1.54, 1.807) is 0 Å². The minimum absolute atomic E-state index is 1.20. The molecule has 0 aliphatic carbocycles. The largest absolute Gasteiger partial charge is 0.307 e. The third kappa shape index (κ3) is 3.09. The van der Waals surface area contributed by atoms with Gasteiger partial charge in [-0.2, -0.15) is 0 Å². The minimum atomic E-state index is 1.20. The molecule has 204 valence electrons. The van der Waals surface area contributed by atoms with Gasteiger partial charge in [0, 0.05) is 32.3 Å². The van der Waals surface area contributed by atoms with E-state index in [-0.39, 0.29) is 0 Å². The highest BCUT2D eigenvalue weighted by Gasteiger charge is 2.23. The Hall–Kier alpha value is -5.86. The standard InChI is InChI=1S/C42H26N2/c1-4-16-30-27(11-1)14-9-21-36(30)43-38-20-8-7-19-33(38)34-24-25-35-40-32-18-6-3-13-29(32)23-26-39(40)44(42(35)41(34)43)37-22-10-15-28-12-2-5-17-31(28)37/h1-26H. The number of hydrogen-bond donors (Lipinski definition) is 0. The molecule has 0 bridgehead atoms. The van der Waals surface area contributed by atoms with E-state index in [1.165, 1.54) is 87.3 Å². The second-order valence-electron chi connectivity index (χ2n) is 11.7. The Morgan fingerprint density at radius 3 is 1.43 bits per heavy atom. The summed E-state index contributed by atoms with van der Waals surface area (Å²) in [6, 6.07) is 57.8. The lowest BCUT2D eigenvalue weighted by molar-refractivity contribution is 1.17. The number of nitrogens with zero attached hydrogens (tertiary/aromatic N) is 2. The summed E-state index contributed by atoms with van der Waals surface area (Å²) >= 11 is 0. The molecule has 0 aliphatic heterocycles. The first kappa shape index (κ1) is 23.7. The summed E-state index contributed by atoms with van der Waals surface area (Å²) in [5, 5.41) is 12.6. The molecule has 10 rings (SSSR count). The van der Waals surface area contributed by atoms with Crippen LogP contribution in [-0.2, 0) is 0 Å². The van der Waals surface area contributed by atoms with Gasteiger partial charge in [0.25, 0.3) is 0 Å². The second kappa shape index (κ2) is 8.82. The van der Waals surface area contributed by atoms with Crippen LogP contribution in [0.15, 0.2) is 158 Å². The molecule has 8 aromatic carbocycles. The normalized spacial score (nSPS) is 12.1. The van der Waals surface area contributed by atoms with Crippen molar-refractivity contribution in [3.8, 4) is 11.4 Å². The lowest BCUT2D eigenvalue weighted by atomic mass is 10.0. The molecule has 0 radical (unpaired) electrons. The van der Waals surface area contributed by atoms with Crippen LogP contribution in [0.5, 0.6) is 0 Å². The lowest BCUT2D eigenvalue weighted by Gasteiger charge is -2.15. The monoisotopic (exact) mass is 558 g/mol. The molecule has 2 nitrogen and oxygen atoms in total. The highest BCUT2D eigenvalue weighted by Crippen LogP contribution is 2.45. The van der Waals surface area contributed by atoms with Crippen molar-refractivity contribution in [2.75, 3.05) is 0 Å². The minimum Gasteiger partial charge on any atom is -0.307 e. The SMILES string of the molecule is c1ccc2c(-n3c4ccccc4c4ccc5c6c7ccccc7ccc6n(-c6cccc7ccccc67)c5c43)cccc2c1. The van der Waals surface area contributed by atoms with Crippen LogP contribution in [0.4, 0.5) is 0 Å². The van der Waals surface area contributed by atoms with Gasteiger partial charge in [-0.3, -0.25) is 0 Å². The molecule has 0 aliphatic rings. The number of benzene rings is 8. The summed E-state index contributed by atoms with van der Waals surface area (Å²) in [6.45, 7) is 0. The average Bonchev–Trinajstić information content (AvgIpc) is 3.61. The van der Waals surface area contributed by atoms with Crippen LogP contribution in [0, 0.1) is 0 Å². The van der Waals surface area contributed by atoms with Crippen molar-refractivity contribution < 1.29 is 0 Å². The third-order valence-electron chi connectivity index (χ3n) is 9.47. The fraction of sp³-hybridized carbons (Fsp3) is 0. The molecule has 0 unspecified atom stereocenters. The van der Waals surface area contributed by atoms with Crippen LogP contribution in [0.3, 0.4) is 0 Å². The fourth-order valence-electron chi connectivity index (χ4n) is 7.63. The molecule has 2 heterocycles. The zero-order chi connectivity index (χ0) is 28.8. The number of hydrogen-bond acceptors (Lipinski definition) is 0. The Labute approximate surface area is 253 Å². The molecule has 2 aromatic heterocycles. The van der Waals surface area contributed by atoms with Gasteiger partial charge >= 0.3 is 0 Å². The summed E-state index contributed by atoms with van der Waals surface area (Å²) in [6.07, 6.45) is 0. The fourth-order valence-corrected chi connectivity index (χ4v) is 7.63. The van der Waals surface area contributed by atoms with Crippen molar-refractivity contribution in [3.05, 3.63) is 158 Å². The molecular weight excluding hydrogens is 532 g/mol. The van der Waals surface area contributed by atoms with Gasteiger partial charge in [0.15, 0.2) is 0 Å². The Morgan fingerprint density at radius 2 is 0.750 bits per heavy atom. The van der Waals surface area contributed by atoms with Crippen LogP contribution < -0.4 is 0 Å². The maximum Gasteiger partial charge on any atom is 0.0789 e. The van der Waals surface area contributed by atoms with Crippen molar-refractivity contribution in [1.29, 1.82) is 0 Å². The second-order valence-corrected chi connectivity index (χ2v) is 11.7. The molecular formula is C42H26N2. The molecule has 0 N–H and O–H groups in total. The van der Waals surface area contributed by atoms with E-state index >= 15 is 0 Å². The maximum atomic E-state index is 2.53. The van der Waals surface area contributed by atoms with Crippen LogP contribution in [0.1, 0.15) is 0 Å². The van der Waals surface area contributed by atoms with Crippen molar-refractivity contribution in [3.63, 3.8) is 0 Å². The van der Waals surface area contributed by atoms with Gasteiger partial charge in [-0.25, -0.2) is 0 Å². The summed E-state index contributed by atoms with van der Waals surface area (Å²) < 4.78 is 5.04. The van der Waals surface area contributed by atoms with Crippen molar-refractivity contribution >= 4 is 75.9 Å². The number of aromatic nitrogens is 2. The topological polar surface area (TPSA) is 9.86 Å². The molecule has 0 atom stereocenters. The smallest absolute Gasteiger partial charge is 0.0789 e. The van der Waals surface area contributed by atoms with E-state index in [1.807, 2.05) is 0 Å². The first-order chi connectivity index (χ1) is 21.9. The van der Waals surface area contributed by atoms with Crippen LogP contribution in [0.2, 0.25) is 0 Å². The van der Waals surface area contributed by atoms with Gasteiger partial charge in [-0.15, -0.1) is 0 Å². The molecule has 0 spiro atoms. The van der Waals surface area contributed by atoms with Gasteiger partial charge in [-0.1, -0.05) is 133 Å². The van der Waals surface area contributed by atoms with Crippen molar-refractivity contribution in [2.24, 2.45) is 0 Å². The first-order valence-corrected chi connectivity index (χ1v) is 15.2. The maximum absolute atomic E-state index is 2.53. The highest BCUT2D eigenvalue weighted by atomic mass is 15.0. The molecule has 2 heteroatoms. The number of para-hydroxylation sites is 1. The molecule has 0 amide bonds. The van der Waals surface area contributed by atoms with E-state index < -0.39 is 0 Å². The van der Waals surface area contributed by atoms with Gasteiger partial charge < -0.3 is 9.13 Å². The van der Waals surface area contributed by atoms with Gasteiger partial charge in [0.05, 0.1) is 33.4 Å². The predicted octanol–water partition coefficient (Wildman–Crippen LogP) is 11.3. The van der Waals surface area contributed by atoms with Gasteiger partial charge in [0.1, 0.15) is 0 Å². The first-order valence-electron chi connectivity index (χ1n) is 15.2. The van der Waals surface area contributed by atoms with E-state index in [2.05, 4.69) is 167 Å². The van der Waals surface area contributed by atoms with E-state index in [9.17, 15) is 0 Å². The quantitative estimate of drug-likeness (QED) is 0.200. The third-order valence-corrected chi connectivity index (χ3v) is 9.47. The molecule has 0 saturated carbocycles. The Morgan fingerprint density at radius 1 is 0.273 bits per heavy atom. The molecule has 44 heavy (non-hydrogen) atoms. The summed E-state index contributed by atoms with van der Waals surface area (Å²) in [5.74, 6) is 0. The van der Waals surface area contributed by atoms with E-state index in [0.29, 0.717) is 0 Å². The highest BCUT2D eigenvalue weighted by molar-refractivity contribution is 6.29. The Balaban J connectivity index is 1.52. The molecule has 0 saturated heterocycles. The van der Waals surface area contributed by atoms with E-state index in [0.717, 1.165) is 0 Å². The summed E-state index contributed by atoms with van der Waals surface area (Å²) in [4.78, 5) is 0. The summed E-state index contributed by atoms with van der Waals surface area (Å²) in [5.41, 5.74) is 7.29. The van der Waals surface area contributed by atoms with Crippen LogP contribution in [0.25, 0.3) is 87.3 Å². The van der Waals surface area contributed by atoms with Crippen LogP contribution in [-0.4, -0.2) is 9.13 Å². The molecule has 0 fully saturated rings.